The summed E-state index contributed by atoms with van der Waals surface area (Å²) in [4.78, 5) is 32.6. The quantitative estimate of drug-likeness (QED) is 0.520. The molecular formula is C21H16N2O2S. The van der Waals surface area contributed by atoms with Crippen molar-refractivity contribution in [1.29, 1.82) is 0 Å². The lowest BCUT2D eigenvalue weighted by Gasteiger charge is -2.28. The molecule has 0 unspecified atom stereocenters. The highest BCUT2D eigenvalue weighted by Gasteiger charge is 2.34. The molecule has 0 saturated heterocycles. The highest BCUT2D eigenvalue weighted by atomic mass is 32.1. The number of rotatable bonds is 3. The molecule has 2 aromatic heterocycles. The Morgan fingerprint density at radius 2 is 1.77 bits per heavy atom. The summed E-state index contributed by atoms with van der Waals surface area (Å²) in [5, 5.41) is 2.00. The van der Waals surface area contributed by atoms with E-state index in [-0.39, 0.29) is 18.4 Å². The van der Waals surface area contributed by atoms with Crippen molar-refractivity contribution >= 4 is 34.8 Å². The minimum atomic E-state index is -0.285. The normalized spacial score (nSPS) is 15.4. The molecule has 0 atom stereocenters. The summed E-state index contributed by atoms with van der Waals surface area (Å²) >= 11 is 1.58. The summed E-state index contributed by atoms with van der Waals surface area (Å²) in [6, 6.07) is 14.8. The average Bonchev–Trinajstić information content (AvgIpc) is 3.08. The fourth-order valence-electron chi connectivity index (χ4n) is 3.00. The van der Waals surface area contributed by atoms with Crippen LogP contribution in [0.25, 0.3) is 11.6 Å². The van der Waals surface area contributed by atoms with Gasteiger partial charge in [-0.15, -0.1) is 11.3 Å². The number of thiophene rings is 1. The minimum Gasteiger partial charge on any atom is -0.269 e. The smallest absolute Gasteiger partial charge is 0.261 e. The molecule has 1 aromatic carbocycles. The maximum absolute atomic E-state index is 13.2. The number of hydrogen-bond acceptors (Lipinski definition) is 4. The van der Waals surface area contributed by atoms with Crippen LogP contribution in [-0.4, -0.2) is 21.7 Å². The molecule has 128 valence electrons. The zero-order valence-corrected chi connectivity index (χ0v) is 15.0. The third-order valence-corrected chi connectivity index (χ3v) is 5.36. The zero-order valence-electron chi connectivity index (χ0n) is 14.2. The number of aromatic nitrogens is 1. The van der Waals surface area contributed by atoms with Crippen molar-refractivity contribution in [2.24, 2.45) is 0 Å². The second kappa shape index (κ2) is 6.69. The summed E-state index contributed by atoms with van der Waals surface area (Å²) in [7, 11) is 0. The van der Waals surface area contributed by atoms with Gasteiger partial charge in [0.05, 0.1) is 12.2 Å². The van der Waals surface area contributed by atoms with Crippen molar-refractivity contribution in [2.45, 2.75) is 13.5 Å². The lowest BCUT2D eigenvalue weighted by atomic mass is 9.92. The fourth-order valence-corrected chi connectivity index (χ4v) is 3.86. The Kier molecular flexibility index (Phi) is 4.22. The van der Waals surface area contributed by atoms with Crippen LogP contribution < -0.4 is 0 Å². The number of amides is 2. The standard InChI is InChI=1S/C21H16N2O2S/c1-14-9-11-26-19(14)12-18-16-7-2-3-8-17(16)20(24)23(21(18)25)13-15-6-4-5-10-22-15/h2-12H,13H2,1H3/b18-12-. The summed E-state index contributed by atoms with van der Waals surface area (Å²) in [6.45, 7) is 2.17. The highest BCUT2D eigenvalue weighted by molar-refractivity contribution is 7.11. The molecule has 0 saturated carbocycles. The van der Waals surface area contributed by atoms with E-state index in [9.17, 15) is 9.59 Å². The van der Waals surface area contributed by atoms with Gasteiger partial charge in [0.2, 0.25) is 0 Å². The Hall–Kier alpha value is -3.05. The minimum absolute atomic E-state index is 0.160. The molecule has 3 aromatic rings. The van der Waals surface area contributed by atoms with E-state index in [0.717, 1.165) is 10.4 Å². The van der Waals surface area contributed by atoms with E-state index in [1.54, 1.807) is 23.6 Å². The molecule has 1 aliphatic heterocycles. The summed E-state index contributed by atoms with van der Waals surface area (Å²) < 4.78 is 0. The fraction of sp³-hybridized carbons (Fsp3) is 0.0952. The van der Waals surface area contributed by atoms with Crippen LogP contribution in [0, 0.1) is 6.92 Å². The molecule has 4 nitrogen and oxygen atoms in total. The monoisotopic (exact) mass is 360 g/mol. The first-order valence-electron chi connectivity index (χ1n) is 8.26. The Labute approximate surface area is 155 Å². The first-order chi connectivity index (χ1) is 12.6. The number of hydrogen-bond donors (Lipinski definition) is 0. The number of pyridine rings is 1. The maximum atomic E-state index is 13.2. The van der Waals surface area contributed by atoms with Gasteiger partial charge >= 0.3 is 0 Å². The number of aryl methyl sites for hydroxylation is 1. The van der Waals surface area contributed by atoms with Crippen LogP contribution in [0.15, 0.2) is 60.1 Å². The van der Waals surface area contributed by atoms with E-state index < -0.39 is 0 Å². The van der Waals surface area contributed by atoms with Crippen molar-refractivity contribution in [3.63, 3.8) is 0 Å². The van der Waals surface area contributed by atoms with E-state index in [1.807, 2.05) is 60.8 Å². The molecule has 4 rings (SSSR count). The SMILES string of the molecule is Cc1ccsc1/C=C1\C(=O)N(Cc2ccccn2)C(=O)c2ccccc21. The molecule has 0 bridgehead atoms. The van der Waals surface area contributed by atoms with E-state index >= 15 is 0 Å². The summed E-state index contributed by atoms with van der Waals surface area (Å²) in [5.41, 5.74) is 3.57. The van der Waals surface area contributed by atoms with Gasteiger partial charge in [0.15, 0.2) is 0 Å². The van der Waals surface area contributed by atoms with Crippen LogP contribution in [0.2, 0.25) is 0 Å². The largest absolute Gasteiger partial charge is 0.269 e. The molecule has 0 fully saturated rings. The van der Waals surface area contributed by atoms with Gasteiger partial charge in [-0.05, 0) is 53.8 Å². The molecule has 3 heterocycles. The third-order valence-electron chi connectivity index (χ3n) is 4.39. The molecule has 2 amide bonds. The first-order valence-corrected chi connectivity index (χ1v) is 9.14. The molecule has 26 heavy (non-hydrogen) atoms. The second-order valence-electron chi connectivity index (χ2n) is 6.09. The molecule has 0 spiro atoms. The van der Waals surface area contributed by atoms with Crippen molar-refractivity contribution < 1.29 is 9.59 Å². The average molecular weight is 360 g/mol. The number of carbonyl (C=O) groups excluding carboxylic acids is 2. The Morgan fingerprint density at radius 3 is 2.46 bits per heavy atom. The lowest BCUT2D eigenvalue weighted by Crippen LogP contribution is -2.41. The first kappa shape index (κ1) is 16.4. The van der Waals surface area contributed by atoms with Crippen molar-refractivity contribution in [3.05, 3.63) is 87.4 Å². The van der Waals surface area contributed by atoms with Crippen LogP contribution in [0.3, 0.4) is 0 Å². The molecule has 1 aliphatic rings. The third kappa shape index (κ3) is 2.86. The molecule has 5 heteroatoms. The number of carbonyl (C=O) groups is 2. The van der Waals surface area contributed by atoms with Crippen LogP contribution in [0.5, 0.6) is 0 Å². The van der Waals surface area contributed by atoms with Gasteiger partial charge in [-0.2, -0.15) is 0 Å². The van der Waals surface area contributed by atoms with Crippen LogP contribution >= 0.6 is 11.3 Å². The van der Waals surface area contributed by atoms with Crippen molar-refractivity contribution in [2.75, 3.05) is 0 Å². The van der Waals surface area contributed by atoms with Crippen LogP contribution in [-0.2, 0) is 11.3 Å². The van der Waals surface area contributed by atoms with E-state index in [2.05, 4.69) is 4.98 Å². The van der Waals surface area contributed by atoms with Gasteiger partial charge in [0, 0.05) is 22.2 Å². The molecule has 0 N–H and O–H groups in total. The van der Waals surface area contributed by atoms with Gasteiger partial charge in [0.25, 0.3) is 11.8 Å². The predicted molar refractivity (Wildman–Crippen MR) is 102 cm³/mol. The van der Waals surface area contributed by atoms with Crippen LogP contribution in [0.4, 0.5) is 0 Å². The Bertz CT molecular complexity index is 1020. The number of imide groups is 1. The molecular weight excluding hydrogens is 344 g/mol. The van der Waals surface area contributed by atoms with Gasteiger partial charge in [0.1, 0.15) is 0 Å². The molecule has 0 aliphatic carbocycles. The summed E-state index contributed by atoms with van der Waals surface area (Å²) in [6.07, 6.45) is 3.55. The molecule has 0 radical (unpaired) electrons. The Morgan fingerprint density at radius 1 is 1.00 bits per heavy atom. The van der Waals surface area contributed by atoms with E-state index in [1.165, 1.54) is 4.90 Å². The number of benzene rings is 1. The predicted octanol–water partition coefficient (Wildman–Crippen LogP) is 4.17. The topological polar surface area (TPSA) is 50.3 Å². The van der Waals surface area contributed by atoms with Crippen molar-refractivity contribution in [3.8, 4) is 0 Å². The number of fused-ring (bicyclic) bond motifs is 1. The van der Waals surface area contributed by atoms with E-state index in [4.69, 9.17) is 0 Å². The van der Waals surface area contributed by atoms with E-state index in [0.29, 0.717) is 22.4 Å². The maximum Gasteiger partial charge on any atom is 0.261 e. The summed E-state index contributed by atoms with van der Waals surface area (Å²) in [5.74, 6) is -0.566. The Balaban J connectivity index is 1.82. The van der Waals surface area contributed by atoms with Crippen LogP contribution in [0.1, 0.15) is 32.1 Å². The zero-order chi connectivity index (χ0) is 18.1. The highest BCUT2D eigenvalue weighted by Crippen LogP contribution is 2.32. The van der Waals surface area contributed by atoms with Gasteiger partial charge in [-0.3, -0.25) is 19.5 Å². The number of nitrogens with zero attached hydrogens (tertiary/aromatic N) is 2. The van der Waals surface area contributed by atoms with Gasteiger partial charge < -0.3 is 0 Å². The van der Waals surface area contributed by atoms with Gasteiger partial charge in [-0.1, -0.05) is 24.3 Å². The lowest BCUT2D eigenvalue weighted by molar-refractivity contribution is -0.123. The van der Waals surface area contributed by atoms with Gasteiger partial charge in [-0.25, -0.2) is 0 Å². The van der Waals surface area contributed by atoms with Crippen molar-refractivity contribution in [1.82, 2.24) is 9.88 Å². The second-order valence-corrected chi connectivity index (χ2v) is 7.04.